The SMILES string of the molecule is CC(C)NC(=O)Nc1cccc(C(=O)N(C)Cc2ccc(Br)cc2)c1. The molecule has 2 rings (SSSR count). The van der Waals surface area contributed by atoms with E-state index in [9.17, 15) is 9.59 Å². The van der Waals surface area contributed by atoms with Crippen LogP contribution in [0.2, 0.25) is 0 Å². The van der Waals surface area contributed by atoms with Crippen LogP contribution in [-0.2, 0) is 6.54 Å². The van der Waals surface area contributed by atoms with Crippen LogP contribution in [0.3, 0.4) is 0 Å². The first kappa shape index (κ1) is 19.0. The molecule has 132 valence electrons. The zero-order valence-corrected chi connectivity index (χ0v) is 16.1. The summed E-state index contributed by atoms with van der Waals surface area (Å²) in [5.74, 6) is -0.101. The maximum atomic E-state index is 12.6. The summed E-state index contributed by atoms with van der Waals surface area (Å²) < 4.78 is 1.00. The average molecular weight is 404 g/mol. The number of anilines is 1. The lowest BCUT2D eigenvalue weighted by molar-refractivity contribution is 0.0785. The van der Waals surface area contributed by atoms with E-state index in [4.69, 9.17) is 0 Å². The molecule has 6 heteroatoms. The van der Waals surface area contributed by atoms with Gasteiger partial charge >= 0.3 is 6.03 Å². The van der Waals surface area contributed by atoms with Gasteiger partial charge < -0.3 is 15.5 Å². The van der Waals surface area contributed by atoms with E-state index in [0.29, 0.717) is 17.8 Å². The van der Waals surface area contributed by atoms with Crippen molar-refractivity contribution in [3.05, 3.63) is 64.1 Å². The Balaban J connectivity index is 2.04. The Bertz CT molecular complexity index is 745. The van der Waals surface area contributed by atoms with Gasteiger partial charge in [0.05, 0.1) is 0 Å². The summed E-state index contributed by atoms with van der Waals surface area (Å²) in [6.07, 6.45) is 0. The molecule has 0 saturated carbocycles. The molecule has 0 radical (unpaired) electrons. The van der Waals surface area contributed by atoms with Crippen LogP contribution in [0, 0.1) is 0 Å². The van der Waals surface area contributed by atoms with E-state index in [1.54, 1.807) is 36.2 Å². The number of rotatable bonds is 5. The molecule has 0 aliphatic carbocycles. The van der Waals surface area contributed by atoms with Crippen molar-refractivity contribution in [1.82, 2.24) is 10.2 Å². The Morgan fingerprint density at radius 3 is 2.44 bits per heavy atom. The van der Waals surface area contributed by atoms with Gasteiger partial charge in [0.1, 0.15) is 0 Å². The van der Waals surface area contributed by atoms with Crippen molar-refractivity contribution < 1.29 is 9.59 Å². The van der Waals surface area contributed by atoms with Crippen LogP contribution in [-0.4, -0.2) is 29.9 Å². The minimum absolute atomic E-state index is 0.0434. The van der Waals surface area contributed by atoms with E-state index in [1.165, 1.54) is 0 Å². The lowest BCUT2D eigenvalue weighted by Crippen LogP contribution is -2.34. The monoisotopic (exact) mass is 403 g/mol. The van der Waals surface area contributed by atoms with E-state index in [1.807, 2.05) is 38.1 Å². The van der Waals surface area contributed by atoms with Crippen LogP contribution in [0.4, 0.5) is 10.5 Å². The van der Waals surface area contributed by atoms with Crippen molar-refractivity contribution in [2.45, 2.75) is 26.4 Å². The maximum absolute atomic E-state index is 12.6. The molecule has 0 aliphatic heterocycles. The van der Waals surface area contributed by atoms with Crippen LogP contribution < -0.4 is 10.6 Å². The highest BCUT2D eigenvalue weighted by atomic mass is 79.9. The van der Waals surface area contributed by atoms with Gasteiger partial charge in [0, 0.05) is 35.4 Å². The van der Waals surface area contributed by atoms with Crippen LogP contribution in [0.5, 0.6) is 0 Å². The van der Waals surface area contributed by atoms with E-state index < -0.39 is 0 Å². The van der Waals surface area contributed by atoms with Crippen molar-refractivity contribution >= 4 is 33.6 Å². The number of nitrogens with zero attached hydrogens (tertiary/aromatic N) is 1. The molecule has 25 heavy (non-hydrogen) atoms. The Morgan fingerprint density at radius 2 is 1.80 bits per heavy atom. The topological polar surface area (TPSA) is 61.4 Å². The fourth-order valence-corrected chi connectivity index (χ4v) is 2.58. The molecule has 0 aliphatic rings. The van der Waals surface area contributed by atoms with Crippen LogP contribution in [0.15, 0.2) is 53.0 Å². The number of amides is 3. The van der Waals surface area contributed by atoms with Crippen molar-refractivity contribution in [3.8, 4) is 0 Å². The quantitative estimate of drug-likeness (QED) is 0.783. The number of carbonyl (C=O) groups excluding carboxylic acids is 2. The third kappa shape index (κ3) is 5.90. The third-order valence-corrected chi connectivity index (χ3v) is 4.00. The second-order valence-corrected chi connectivity index (χ2v) is 7.04. The number of nitrogens with one attached hydrogen (secondary N) is 2. The molecule has 0 bridgehead atoms. The van der Waals surface area contributed by atoms with Gasteiger partial charge in [-0.25, -0.2) is 4.79 Å². The van der Waals surface area contributed by atoms with Gasteiger partial charge in [0.25, 0.3) is 5.91 Å². The molecule has 5 nitrogen and oxygen atoms in total. The van der Waals surface area contributed by atoms with Crippen LogP contribution in [0.1, 0.15) is 29.8 Å². The number of urea groups is 1. The van der Waals surface area contributed by atoms with Crippen molar-refractivity contribution in [1.29, 1.82) is 0 Å². The normalized spacial score (nSPS) is 10.4. The van der Waals surface area contributed by atoms with Crippen molar-refractivity contribution in [2.24, 2.45) is 0 Å². The Labute approximate surface area is 156 Å². The molecule has 0 heterocycles. The average Bonchev–Trinajstić information content (AvgIpc) is 2.55. The fourth-order valence-electron chi connectivity index (χ4n) is 2.32. The van der Waals surface area contributed by atoms with Gasteiger partial charge in [0.2, 0.25) is 0 Å². The van der Waals surface area contributed by atoms with Crippen LogP contribution >= 0.6 is 15.9 Å². The second kappa shape index (κ2) is 8.67. The van der Waals surface area contributed by atoms with E-state index >= 15 is 0 Å². The molecule has 0 atom stereocenters. The largest absolute Gasteiger partial charge is 0.337 e. The van der Waals surface area contributed by atoms with Crippen LogP contribution in [0.25, 0.3) is 0 Å². The minimum atomic E-state index is -0.289. The van der Waals surface area contributed by atoms with Gasteiger partial charge in [-0.15, -0.1) is 0 Å². The molecule has 2 aromatic carbocycles. The molecule has 0 aromatic heterocycles. The lowest BCUT2D eigenvalue weighted by Gasteiger charge is -2.18. The van der Waals surface area contributed by atoms with Gasteiger partial charge in [0.15, 0.2) is 0 Å². The summed E-state index contributed by atoms with van der Waals surface area (Å²) in [7, 11) is 1.76. The summed E-state index contributed by atoms with van der Waals surface area (Å²) >= 11 is 3.40. The standard InChI is InChI=1S/C19H22BrN3O2/c1-13(2)21-19(25)22-17-6-4-5-15(11-17)18(24)23(3)12-14-7-9-16(20)10-8-14/h4-11,13H,12H2,1-3H3,(H2,21,22,25). The summed E-state index contributed by atoms with van der Waals surface area (Å²) in [4.78, 5) is 26.1. The van der Waals surface area contributed by atoms with Gasteiger partial charge in [-0.05, 0) is 49.7 Å². The highest BCUT2D eigenvalue weighted by molar-refractivity contribution is 9.10. The number of carbonyl (C=O) groups is 2. The predicted molar refractivity (Wildman–Crippen MR) is 104 cm³/mol. The first-order valence-electron chi connectivity index (χ1n) is 8.02. The first-order valence-corrected chi connectivity index (χ1v) is 8.82. The number of hydrogen-bond donors (Lipinski definition) is 2. The summed E-state index contributed by atoms with van der Waals surface area (Å²) in [5, 5.41) is 5.49. The predicted octanol–water partition coefficient (Wildman–Crippen LogP) is 4.25. The minimum Gasteiger partial charge on any atom is -0.337 e. The summed E-state index contributed by atoms with van der Waals surface area (Å²) in [6.45, 7) is 4.28. The Kier molecular flexibility index (Phi) is 6.58. The summed E-state index contributed by atoms with van der Waals surface area (Å²) in [5.41, 5.74) is 2.16. The smallest absolute Gasteiger partial charge is 0.319 e. The lowest BCUT2D eigenvalue weighted by atomic mass is 10.1. The van der Waals surface area contributed by atoms with E-state index in [0.717, 1.165) is 10.0 Å². The number of benzene rings is 2. The van der Waals surface area contributed by atoms with E-state index in [-0.39, 0.29) is 18.0 Å². The molecule has 0 spiro atoms. The highest BCUT2D eigenvalue weighted by Crippen LogP contribution is 2.15. The molecule has 2 aromatic rings. The first-order chi connectivity index (χ1) is 11.8. The van der Waals surface area contributed by atoms with Gasteiger partial charge in [-0.1, -0.05) is 34.1 Å². The molecular formula is C19H22BrN3O2. The zero-order valence-electron chi connectivity index (χ0n) is 14.5. The fraction of sp³-hybridized carbons (Fsp3) is 0.263. The molecule has 3 amide bonds. The molecule has 2 N–H and O–H groups in total. The number of halogens is 1. The third-order valence-electron chi connectivity index (χ3n) is 3.47. The second-order valence-electron chi connectivity index (χ2n) is 6.12. The molecule has 0 fully saturated rings. The Morgan fingerprint density at radius 1 is 1.12 bits per heavy atom. The summed E-state index contributed by atoms with van der Waals surface area (Å²) in [6, 6.07) is 14.5. The van der Waals surface area contributed by atoms with Gasteiger partial charge in [-0.2, -0.15) is 0 Å². The van der Waals surface area contributed by atoms with Crippen molar-refractivity contribution in [3.63, 3.8) is 0 Å². The van der Waals surface area contributed by atoms with Crippen molar-refractivity contribution in [2.75, 3.05) is 12.4 Å². The Hall–Kier alpha value is -2.34. The maximum Gasteiger partial charge on any atom is 0.319 e. The zero-order chi connectivity index (χ0) is 18.4. The van der Waals surface area contributed by atoms with Gasteiger partial charge in [-0.3, -0.25) is 4.79 Å². The van der Waals surface area contributed by atoms with E-state index in [2.05, 4.69) is 26.6 Å². The molecular weight excluding hydrogens is 382 g/mol. The number of hydrogen-bond acceptors (Lipinski definition) is 2. The molecule has 0 saturated heterocycles. The molecule has 0 unspecified atom stereocenters. The highest BCUT2D eigenvalue weighted by Gasteiger charge is 2.13.